The molecule has 0 aliphatic rings. The van der Waals surface area contributed by atoms with E-state index in [4.69, 9.17) is 42.1 Å². The van der Waals surface area contributed by atoms with Crippen LogP contribution in [-0.4, -0.2) is 38.0 Å². The smallest absolute Gasteiger partial charge is 0.341 e. The summed E-state index contributed by atoms with van der Waals surface area (Å²) in [5.41, 5.74) is 0.512. The van der Waals surface area contributed by atoms with Crippen molar-refractivity contribution in [1.82, 2.24) is 0 Å². The van der Waals surface area contributed by atoms with Crippen LogP contribution in [0.2, 0.25) is 10.0 Å². The maximum Gasteiger partial charge on any atom is 0.341 e. The van der Waals surface area contributed by atoms with Crippen LogP contribution >= 0.6 is 23.2 Å². The van der Waals surface area contributed by atoms with Gasteiger partial charge >= 0.3 is 11.9 Å². The molecule has 0 atom stereocenters. The van der Waals surface area contributed by atoms with Gasteiger partial charge in [-0.15, -0.1) is 0 Å². The molecule has 0 aliphatic carbocycles. The summed E-state index contributed by atoms with van der Waals surface area (Å²) in [6, 6.07) is 21.8. The zero-order valence-corrected chi connectivity index (χ0v) is 26.3. The van der Waals surface area contributed by atoms with Crippen molar-refractivity contribution in [3.63, 3.8) is 0 Å². The molecule has 0 radical (unpaired) electrons. The van der Waals surface area contributed by atoms with Gasteiger partial charge in [0, 0.05) is 21.4 Å². The van der Waals surface area contributed by atoms with E-state index in [1.54, 1.807) is 61.5 Å². The van der Waals surface area contributed by atoms with Crippen molar-refractivity contribution in [2.75, 3.05) is 24.9 Å². The normalized spacial score (nSPS) is 10.7. The number of ether oxygens (including phenoxy) is 4. The quantitative estimate of drug-likeness (QED) is 0.0941. The van der Waals surface area contributed by atoms with Crippen molar-refractivity contribution in [3.05, 3.63) is 118 Å². The Balaban J connectivity index is 1.53. The summed E-state index contributed by atoms with van der Waals surface area (Å²) in [6.07, 6.45) is 2.96. The van der Waals surface area contributed by atoms with Crippen LogP contribution < -0.4 is 20.1 Å². The lowest BCUT2D eigenvalue weighted by Gasteiger charge is -2.16. The number of nitrogens with one attached hydrogen (secondary N) is 2. The predicted molar refractivity (Wildman–Crippen MR) is 174 cm³/mol. The van der Waals surface area contributed by atoms with E-state index in [1.807, 2.05) is 0 Å². The van der Waals surface area contributed by atoms with E-state index in [0.29, 0.717) is 21.5 Å². The number of anilines is 2. The van der Waals surface area contributed by atoms with E-state index in [9.17, 15) is 19.2 Å². The third-order valence-corrected chi connectivity index (χ3v) is 6.84. The van der Waals surface area contributed by atoms with E-state index in [0.717, 1.165) is 0 Å². The number of amides is 2. The Kier molecular flexibility index (Phi) is 11.4. The van der Waals surface area contributed by atoms with Crippen molar-refractivity contribution in [1.29, 1.82) is 0 Å². The van der Waals surface area contributed by atoms with Crippen LogP contribution in [-0.2, 0) is 19.1 Å². The molecule has 12 heteroatoms. The fraction of sp³-hybridized carbons (Fsp3) is 0.118. The molecule has 0 aliphatic heterocycles. The van der Waals surface area contributed by atoms with Crippen LogP contribution in [0.3, 0.4) is 0 Å². The van der Waals surface area contributed by atoms with Gasteiger partial charge in [-0.25, -0.2) is 9.59 Å². The highest BCUT2D eigenvalue weighted by Crippen LogP contribution is 2.31. The van der Waals surface area contributed by atoms with Gasteiger partial charge in [-0.05, 0) is 91.9 Å². The van der Waals surface area contributed by atoms with E-state index in [1.165, 1.54) is 56.7 Å². The number of hydrogen-bond acceptors (Lipinski definition) is 8. The van der Waals surface area contributed by atoms with Gasteiger partial charge < -0.3 is 29.6 Å². The number of benzene rings is 4. The van der Waals surface area contributed by atoms with Gasteiger partial charge in [0.15, 0.2) is 0 Å². The second-order valence-electron chi connectivity index (χ2n) is 9.50. The highest BCUT2D eigenvalue weighted by atomic mass is 35.5. The number of carbonyl (C=O) groups excluding carboxylic acids is 4. The van der Waals surface area contributed by atoms with Crippen molar-refractivity contribution >= 4 is 58.3 Å². The number of allylic oxidation sites excluding steroid dienone is 1. The van der Waals surface area contributed by atoms with Gasteiger partial charge in [-0.2, -0.15) is 0 Å². The molecule has 0 saturated heterocycles. The van der Waals surface area contributed by atoms with Crippen LogP contribution in [0.15, 0.2) is 97.1 Å². The zero-order valence-electron chi connectivity index (χ0n) is 24.8. The van der Waals surface area contributed by atoms with Crippen LogP contribution in [0.4, 0.5) is 11.4 Å². The molecule has 0 heterocycles. The zero-order chi connectivity index (χ0) is 33.2. The minimum Gasteiger partial charge on any atom is -0.465 e. The Bertz CT molecular complexity index is 1650. The van der Waals surface area contributed by atoms with Gasteiger partial charge in [-0.3, -0.25) is 9.59 Å². The maximum absolute atomic E-state index is 13.3. The fourth-order valence-electron chi connectivity index (χ4n) is 4.12. The highest BCUT2D eigenvalue weighted by Gasteiger charge is 2.26. The minimum atomic E-state index is -1.29. The molecule has 0 spiro atoms. The maximum atomic E-state index is 13.3. The van der Waals surface area contributed by atoms with Crippen molar-refractivity contribution < 1.29 is 38.1 Å². The molecule has 2 amide bonds. The monoisotopic (exact) mass is 662 g/mol. The SMILES string of the molecule is C/C=C\C(C(=O)Nc1ccc(Oc2ccc(Cl)cc2)c(C(=O)OC)c1)C(=O)Nc1ccc(Oc2ccc(Cl)cc2)c(C(=O)OC)c1. The third kappa shape index (κ3) is 8.65. The number of carbonyl (C=O) groups is 4. The molecule has 236 valence electrons. The molecule has 0 fully saturated rings. The largest absolute Gasteiger partial charge is 0.465 e. The van der Waals surface area contributed by atoms with Crippen LogP contribution in [0.25, 0.3) is 0 Å². The average molecular weight is 664 g/mol. The second kappa shape index (κ2) is 15.6. The van der Waals surface area contributed by atoms with Gasteiger partial charge in [0.25, 0.3) is 0 Å². The molecule has 2 N–H and O–H groups in total. The van der Waals surface area contributed by atoms with Gasteiger partial charge in [0.2, 0.25) is 11.8 Å². The van der Waals surface area contributed by atoms with E-state index < -0.39 is 29.7 Å². The lowest BCUT2D eigenvalue weighted by Crippen LogP contribution is -2.32. The first-order valence-electron chi connectivity index (χ1n) is 13.7. The standard InChI is InChI=1S/C34H28Cl2N2O8/c1-4-5-26(31(39)37-22-10-16-29(27(18-22)33(41)43-2)45-24-12-6-20(35)7-13-24)32(40)38-23-11-17-30(28(19-23)34(42)44-3)46-25-14-8-21(36)9-15-25/h4-19,26H,1-3H3,(H,37,39)(H,38,40)/b5-4-. The number of hydrogen-bond donors (Lipinski definition) is 2. The van der Waals surface area contributed by atoms with E-state index in [-0.39, 0.29) is 34.0 Å². The summed E-state index contributed by atoms with van der Waals surface area (Å²) >= 11 is 11.9. The lowest BCUT2D eigenvalue weighted by atomic mass is 10.1. The molecule has 4 aromatic carbocycles. The first kappa shape index (κ1) is 33.6. The topological polar surface area (TPSA) is 129 Å². The van der Waals surface area contributed by atoms with Gasteiger partial charge in [0.1, 0.15) is 40.0 Å². The average Bonchev–Trinajstić information content (AvgIpc) is 3.06. The lowest BCUT2D eigenvalue weighted by molar-refractivity contribution is -0.127. The molecule has 0 unspecified atom stereocenters. The molecule has 4 aromatic rings. The minimum absolute atomic E-state index is 0.0403. The summed E-state index contributed by atoms with van der Waals surface area (Å²) in [5.74, 6) is -2.85. The van der Waals surface area contributed by atoms with Crippen LogP contribution in [0.5, 0.6) is 23.0 Å². The summed E-state index contributed by atoms with van der Waals surface area (Å²) < 4.78 is 21.4. The Labute approximate surface area is 274 Å². The Hall–Kier alpha value is -5.32. The highest BCUT2D eigenvalue weighted by molar-refractivity contribution is 6.30. The predicted octanol–water partition coefficient (Wildman–Crippen LogP) is 7.92. The Morgan fingerprint density at radius 1 is 0.630 bits per heavy atom. The van der Waals surface area contributed by atoms with Crippen LogP contribution in [0, 0.1) is 5.92 Å². The summed E-state index contributed by atoms with van der Waals surface area (Å²) in [7, 11) is 2.43. The van der Waals surface area contributed by atoms with Crippen molar-refractivity contribution in [2.45, 2.75) is 6.92 Å². The van der Waals surface area contributed by atoms with Crippen molar-refractivity contribution in [3.8, 4) is 23.0 Å². The molecular weight excluding hydrogens is 635 g/mol. The summed E-state index contributed by atoms with van der Waals surface area (Å²) in [6.45, 7) is 1.66. The van der Waals surface area contributed by atoms with E-state index >= 15 is 0 Å². The first-order chi connectivity index (χ1) is 22.1. The van der Waals surface area contributed by atoms with Crippen LogP contribution in [0.1, 0.15) is 27.6 Å². The third-order valence-electron chi connectivity index (χ3n) is 6.34. The molecule has 0 saturated carbocycles. The number of halogens is 2. The molecule has 0 bridgehead atoms. The molecule has 0 aromatic heterocycles. The molecule has 4 rings (SSSR count). The summed E-state index contributed by atoms with van der Waals surface area (Å²) in [4.78, 5) is 51.7. The number of esters is 2. The van der Waals surface area contributed by atoms with Crippen molar-refractivity contribution in [2.24, 2.45) is 5.92 Å². The Morgan fingerprint density at radius 3 is 1.37 bits per heavy atom. The fourth-order valence-corrected chi connectivity index (χ4v) is 4.37. The molecule has 10 nitrogen and oxygen atoms in total. The van der Waals surface area contributed by atoms with Gasteiger partial charge in [-0.1, -0.05) is 35.4 Å². The van der Waals surface area contributed by atoms with E-state index in [2.05, 4.69) is 10.6 Å². The molecular formula is C34H28Cl2N2O8. The van der Waals surface area contributed by atoms with Gasteiger partial charge in [0.05, 0.1) is 14.2 Å². The number of methoxy groups -OCH3 is 2. The second-order valence-corrected chi connectivity index (χ2v) is 10.4. The summed E-state index contributed by atoms with van der Waals surface area (Å²) in [5, 5.41) is 6.34. The first-order valence-corrected chi connectivity index (χ1v) is 14.4. The Morgan fingerprint density at radius 2 is 1.02 bits per heavy atom. The molecule has 46 heavy (non-hydrogen) atoms. The number of rotatable bonds is 11.